The standard InChI is InChI=1S/C25H29N3O4/c1-28(20-9-12-31-13-10-20)11-14-32-21-7-4-5-18(15-21)17-26-24(29)22-16-19-6-2-3-8-23(19)27-25(22)30/h2-8,15-16,20H,9-14,17H2,1H3,(H,26,29)(H,27,30). The largest absolute Gasteiger partial charge is 0.492 e. The Balaban J connectivity index is 1.30. The molecule has 1 aliphatic rings. The third-order valence-corrected chi connectivity index (χ3v) is 5.88. The molecule has 1 aliphatic heterocycles. The van der Waals surface area contributed by atoms with Gasteiger partial charge in [0.05, 0.1) is 0 Å². The third kappa shape index (κ3) is 5.55. The smallest absolute Gasteiger partial charge is 0.261 e. The highest BCUT2D eigenvalue weighted by Gasteiger charge is 2.18. The Bertz CT molecular complexity index is 1120. The molecule has 0 saturated carbocycles. The Kier molecular flexibility index (Phi) is 7.19. The van der Waals surface area contributed by atoms with E-state index in [0.717, 1.165) is 49.3 Å². The highest BCUT2D eigenvalue weighted by atomic mass is 16.5. The fourth-order valence-electron chi connectivity index (χ4n) is 3.95. The Hall–Kier alpha value is -3.16. The number of nitrogens with one attached hydrogen (secondary N) is 2. The lowest BCUT2D eigenvalue weighted by Gasteiger charge is -2.31. The third-order valence-electron chi connectivity index (χ3n) is 5.88. The monoisotopic (exact) mass is 435 g/mol. The Morgan fingerprint density at radius 1 is 1.16 bits per heavy atom. The first kappa shape index (κ1) is 22.0. The predicted molar refractivity (Wildman–Crippen MR) is 124 cm³/mol. The van der Waals surface area contributed by atoms with Crippen LogP contribution in [0.15, 0.2) is 59.4 Å². The summed E-state index contributed by atoms with van der Waals surface area (Å²) in [6.07, 6.45) is 2.12. The molecule has 0 unspecified atom stereocenters. The minimum atomic E-state index is -0.401. The highest BCUT2D eigenvalue weighted by Crippen LogP contribution is 2.16. The van der Waals surface area contributed by atoms with Gasteiger partial charge in [0.15, 0.2) is 0 Å². The molecule has 7 nitrogen and oxygen atoms in total. The van der Waals surface area contributed by atoms with E-state index < -0.39 is 11.5 Å². The molecule has 1 fully saturated rings. The lowest BCUT2D eigenvalue weighted by Crippen LogP contribution is -2.38. The summed E-state index contributed by atoms with van der Waals surface area (Å²) >= 11 is 0. The summed E-state index contributed by atoms with van der Waals surface area (Å²) in [4.78, 5) is 30.0. The van der Waals surface area contributed by atoms with Crippen molar-refractivity contribution in [1.82, 2.24) is 15.2 Å². The molecule has 2 heterocycles. The molecule has 32 heavy (non-hydrogen) atoms. The number of hydrogen-bond donors (Lipinski definition) is 2. The Morgan fingerprint density at radius 3 is 2.81 bits per heavy atom. The quantitative estimate of drug-likeness (QED) is 0.568. The van der Waals surface area contributed by atoms with Gasteiger partial charge in [-0.15, -0.1) is 0 Å². The highest BCUT2D eigenvalue weighted by molar-refractivity contribution is 5.97. The van der Waals surface area contributed by atoms with Gasteiger partial charge in [-0.3, -0.25) is 14.5 Å². The number of para-hydroxylation sites is 1. The van der Waals surface area contributed by atoms with Crippen molar-refractivity contribution in [3.63, 3.8) is 0 Å². The van der Waals surface area contributed by atoms with E-state index in [1.165, 1.54) is 0 Å². The zero-order chi connectivity index (χ0) is 22.3. The molecule has 0 atom stereocenters. The molecule has 2 aromatic carbocycles. The fraction of sp³-hybridized carbons (Fsp3) is 0.360. The second kappa shape index (κ2) is 10.4. The molecule has 4 rings (SSSR count). The van der Waals surface area contributed by atoms with Crippen LogP contribution in [0.5, 0.6) is 5.75 Å². The van der Waals surface area contributed by atoms with Crippen LogP contribution >= 0.6 is 0 Å². The number of hydrogen-bond acceptors (Lipinski definition) is 5. The normalized spacial score (nSPS) is 14.6. The maximum Gasteiger partial charge on any atom is 0.261 e. The first-order valence-electron chi connectivity index (χ1n) is 11.0. The molecule has 0 aliphatic carbocycles. The fourth-order valence-corrected chi connectivity index (χ4v) is 3.95. The van der Waals surface area contributed by atoms with Crippen LogP contribution in [0.2, 0.25) is 0 Å². The van der Waals surface area contributed by atoms with Gasteiger partial charge in [-0.25, -0.2) is 0 Å². The minimum absolute atomic E-state index is 0.104. The SMILES string of the molecule is CN(CCOc1cccc(CNC(=O)c2cc3ccccc3[nH]c2=O)c1)C1CCOCC1. The van der Waals surface area contributed by atoms with Gasteiger partial charge >= 0.3 is 0 Å². The molecule has 1 aromatic heterocycles. The molecule has 7 heteroatoms. The number of carbonyl (C=O) groups is 1. The van der Waals surface area contributed by atoms with Crippen LogP contribution in [0, 0.1) is 0 Å². The van der Waals surface area contributed by atoms with Crippen LogP contribution in [0.3, 0.4) is 0 Å². The lowest BCUT2D eigenvalue weighted by atomic mass is 10.1. The van der Waals surface area contributed by atoms with E-state index >= 15 is 0 Å². The Morgan fingerprint density at radius 2 is 1.97 bits per heavy atom. The summed E-state index contributed by atoms with van der Waals surface area (Å²) in [6, 6.07) is 17.2. The molecule has 3 aromatic rings. The van der Waals surface area contributed by atoms with Gasteiger partial charge in [-0.05, 0) is 55.1 Å². The molecule has 2 N–H and O–H groups in total. The molecular weight excluding hydrogens is 406 g/mol. The maximum absolute atomic E-state index is 12.6. The number of rotatable bonds is 8. The van der Waals surface area contributed by atoms with Crippen molar-refractivity contribution in [2.75, 3.05) is 33.4 Å². The van der Waals surface area contributed by atoms with Crippen molar-refractivity contribution in [2.45, 2.75) is 25.4 Å². The number of ether oxygens (including phenoxy) is 2. The van der Waals surface area contributed by atoms with Crippen molar-refractivity contribution < 1.29 is 14.3 Å². The number of pyridine rings is 1. The summed E-state index contributed by atoms with van der Waals surface area (Å²) in [6.45, 7) is 3.40. The van der Waals surface area contributed by atoms with E-state index in [2.05, 4.69) is 22.2 Å². The average Bonchev–Trinajstić information content (AvgIpc) is 2.83. The number of carbonyl (C=O) groups excluding carboxylic acids is 1. The van der Waals surface area contributed by atoms with E-state index in [9.17, 15) is 9.59 Å². The van der Waals surface area contributed by atoms with Crippen molar-refractivity contribution in [1.29, 1.82) is 0 Å². The first-order chi connectivity index (χ1) is 15.6. The number of H-pyrrole nitrogens is 1. The second-order valence-corrected chi connectivity index (χ2v) is 8.10. The van der Waals surface area contributed by atoms with Gasteiger partial charge in [-0.2, -0.15) is 0 Å². The number of benzene rings is 2. The summed E-state index contributed by atoms with van der Waals surface area (Å²) in [7, 11) is 2.12. The predicted octanol–water partition coefficient (Wildman–Crippen LogP) is 2.95. The van der Waals surface area contributed by atoms with E-state index in [-0.39, 0.29) is 5.56 Å². The zero-order valence-electron chi connectivity index (χ0n) is 18.3. The first-order valence-corrected chi connectivity index (χ1v) is 11.0. The van der Waals surface area contributed by atoms with Crippen LogP contribution < -0.4 is 15.6 Å². The van der Waals surface area contributed by atoms with Crippen LogP contribution in [-0.4, -0.2) is 55.2 Å². The minimum Gasteiger partial charge on any atom is -0.492 e. The Labute approximate surface area is 187 Å². The number of amides is 1. The van der Waals surface area contributed by atoms with Crippen LogP contribution in [-0.2, 0) is 11.3 Å². The number of aromatic amines is 1. The van der Waals surface area contributed by atoms with Gasteiger partial charge < -0.3 is 19.8 Å². The van der Waals surface area contributed by atoms with E-state index in [4.69, 9.17) is 9.47 Å². The summed E-state index contributed by atoms with van der Waals surface area (Å²) in [5.41, 5.74) is 1.33. The molecule has 0 bridgehead atoms. The summed E-state index contributed by atoms with van der Waals surface area (Å²) in [5, 5.41) is 3.65. The molecular formula is C25H29N3O4. The van der Waals surface area contributed by atoms with Crippen LogP contribution in [0.1, 0.15) is 28.8 Å². The lowest BCUT2D eigenvalue weighted by molar-refractivity contribution is 0.0392. The topological polar surface area (TPSA) is 83.7 Å². The molecule has 0 radical (unpaired) electrons. The van der Waals surface area contributed by atoms with Gasteiger partial charge in [0.2, 0.25) is 0 Å². The van der Waals surface area contributed by atoms with E-state index in [1.54, 1.807) is 6.07 Å². The number of aromatic nitrogens is 1. The van der Waals surface area contributed by atoms with Gasteiger partial charge in [-0.1, -0.05) is 30.3 Å². The van der Waals surface area contributed by atoms with Crippen molar-refractivity contribution >= 4 is 16.8 Å². The molecule has 0 spiro atoms. The summed E-state index contributed by atoms with van der Waals surface area (Å²) < 4.78 is 11.3. The number of fused-ring (bicyclic) bond motifs is 1. The van der Waals surface area contributed by atoms with Gasteiger partial charge in [0, 0.05) is 37.9 Å². The van der Waals surface area contributed by atoms with Crippen molar-refractivity contribution in [2.24, 2.45) is 0 Å². The van der Waals surface area contributed by atoms with Crippen molar-refractivity contribution in [3.05, 3.63) is 76.1 Å². The zero-order valence-corrected chi connectivity index (χ0v) is 18.3. The number of nitrogens with zero attached hydrogens (tertiary/aromatic N) is 1. The second-order valence-electron chi connectivity index (χ2n) is 8.10. The van der Waals surface area contributed by atoms with E-state index in [1.807, 2.05) is 48.5 Å². The van der Waals surface area contributed by atoms with Crippen LogP contribution in [0.4, 0.5) is 0 Å². The molecule has 1 saturated heterocycles. The summed E-state index contributed by atoms with van der Waals surface area (Å²) in [5.74, 6) is 0.363. The average molecular weight is 436 g/mol. The van der Waals surface area contributed by atoms with Gasteiger partial charge in [0.25, 0.3) is 11.5 Å². The van der Waals surface area contributed by atoms with Gasteiger partial charge in [0.1, 0.15) is 17.9 Å². The maximum atomic E-state index is 12.6. The van der Waals surface area contributed by atoms with Crippen LogP contribution in [0.25, 0.3) is 10.9 Å². The molecule has 1 amide bonds. The van der Waals surface area contributed by atoms with Crippen molar-refractivity contribution in [3.8, 4) is 5.75 Å². The number of likely N-dealkylation sites (N-methyl/N-ethyl adjacent to an activating group) is 1. The molecule has 168 valence electrons. The van der Waals surface area contributed by atoms with E-state index in [0.29, 0.717) is 24.7 Å².